The minimum atomic E-state index is -0.0742. The van der Waals surface area contributed by atoms with E-state index in [-0.39, 0.29) is 11.3 Å². The number of amides is 1. The summed E-state index contributed by atoms with van der Waals surface area (Å²) in [4.78, 5) is 23.2. The molecule has 0 radical (unpaired) electrons. The Morgan fingerprint density at radius 3 is 2.69 bits per heavy atom. The third kappa shape index (κ3) is 4.81. The SMILES string of the molecule is CC(C)(C)c1nccc(NC[C@H]2CC(=O)N(CCc3ccccc3)C2)n1. The molecular weight excluding hydrogens is 324 g/mol. The molecule has 5 heteroatoms. The predicted molar refractivity (Wildman–Crippen MR) is 104 cm³/mol. The molecule has 1 aliphatic heterocycles. The van der Waals surface area contributed by atoms with E-state index >= 15 is 0 Å². The summed E-state index contributed by atoms with van der Waals surface area (Å²) in [6, 6.07) is 12.2. The monoisotopic (exact) mass is 352 g/mol. The van der Waals surface area contributed by atoms with Crippen molar-refractivity contribution in [3.8, 4) is 0 Å². The molecule has 0 aliphatic carbocycles. The maximum atomic E-state index is 12.3. The summed E-state index contributed by atoms with van der Waals surface area (Å²) >= 11 is 0. The molecule has 0 saturated carbocycles. The highest BCUT2D eigenvalue weighted by atomic mass is 16.2. The molecule has 0 unspecified atom stereocenters. The van der Waals surface area contributed by atoms with Gasteiger partial charge in [0.25, 0.3) is 0 Å². The first kappa shape index (κ1) is 18.4. The highest BCUT2D eigenvalue weighted by molar-refractivity contribution is 5.78. The number of nitrogens with zero attached hydrogens (tertiary/aromatic N) is 3. The molecule has 2 aromatic rings. The number of aromatic nitrogens is 2. The highest BCUT2D eigenvalue weighted by Gasteiger charge is 2.29. The summed E-state index contributed by atoms with van der Waals surface area (Å²) in [7, 11) is 0. The molecule has 138 valence electrons. The zero-order valence-corrected chi connectivity index (χ0v) is 15.9. The lowest BCUT2D eigenvalue weighted by Gasteiger charge is -2.18. The summed E-state index contributed by atoms with van der Waals surface area (Å²) in [6.07, 6.45) is 3.31. The van der Waals surface area contributed by atoms with Crippen LogP contribution in [-0.2, 0) is 16.6 Å². The average molecular weight is 352 g/mol. The lowest BCUT2D eigenvalue weighted by atomic mass is 9.96. The topological polar surface area (TPSA) is 58.1 Å². The minimum Gasteiger partial charge on any atom is -0.370 e. The molecule has 3 rings (SSSR count). The van der Waals surface area contributed by atoms with Crippen LogP contribution in [0.1, 0.15) is 38.6 Å². The Labute approximate surface area is 155 Å². The lowest BCUT2D eigenvalue weighted by Crippen LogP contribution is -2.28. The zero-order valence-electron chi connectivity index (χ0n) is 15.9. The van der Waals surface area contributed by atoms with Crippen LogP contribution in [0, 0.1) is 5.92 Å². The molecule has 26 heavy (non-hydrogen) atoms. The third-order valence-corrected chi connectivity index (χ3v) is 4.71. The fraction of sp³-hybridized carbons (Fsp3) is 0.476. The van der Waals surface area contributed by atoms with E-state index in [9.17, 15) is 4.79 Å². The Morgan fingerprint density at radius 1 is 1.19 bits per heavy atom. The quantitative estimate of drug-likeness (QED) is 0.867. The van der Waals surface area contributed by atoms with Crippen LogP contribution in [0.4, 0.5) is 5.82 Å². The van der Waals surface area contributed by atoms with Crippen LogP contribution in [0.15, 0.2) is 42.6 Å². The van der Waals surface area contributed by atoms with Crippen LogP contribution in [0.2, 0.25) is 0 Å². The van der Waals surface area contributed by atoms with Crippen molar-refractivity contribution in [2.45, 2.75) is 39.0 Å². The van der Waals surface area contributed by atoms with Gasteiger partial charge in [-0.2, -0.15) is 0 Å². The average Bonchev–Trinajstić information content (AvgIpc) is 2.98. The molecule has 0 spiro atoms. The van der Waals surface area contributed by atoms with E-state index in [1.807, 2.05) is 29.2 Å². The first-order valence-corrected chi connectivity index (χ1v) is 9.31. The van der Waals surface area contributed by atoms with Gasteiger partial charge in [0.2, 0.25) is 5.91 Å². The standard InChI is InChI=1S/C21H28N4O/c1-21(2,3)20-22-11-9-18(24-20)23-14-17-13-19(26)25(15-17)12-10-16-7-5-4-6-8-16/h4-9,11,17H,10,12-15H2,1-3H3,(H,22,23,24)/t17-/m1/s1. The van der Waals surface area contributed by atoms with E-state index in [2.05, 4.69) is 48.2 Å². The van der Waals surface area contributed by atoms with Gasteiger partial charge in [-0.05, 0) is 18.1 Å². The summed E-state index contributed by atoms with van der Waals surface area (Å²) in [5.41, 5.74) is 1.20. The number of nitrogens with one attached hydrogen (secondary N) is 1. The molecule has 0 bridgehead atoms. The minimum absolute atomic E-state index is 0.0742. The second-order valence-corrected chi connectivity index (χ2v) is 8.04. The van der Waals surface area contributed by atoms with Gasteiger partial charge in [0.1, 0.15) is 11.6 Å². The number of likely N-dealkylation sites (tertiary alicyclic amines) is 1. The third-order valence-electron chi connectivity index (χ3n) is 4.71. The van der Waals surface area contributed by atoms with E-state index in [4.69, 9.17) is 0 Å². The molecule has 2 heterocycles. The van der Waals surface area contributed by atoms with Crippen LogP contribution < -0.4 is 5.32 Å². The maximum absolute atomic E-state index is 12.3. The molecule has 1 aromatic carbocycles. The Kier molecular flexibility index (Phi) is 5.55. The molecule has 1 atom stereocenters. The largest absolute Gasteiger partial charge is 0.370 e. The smallest absolute Gasteiger partial charge is 0.223 e. The summed E-state index contributed by atoms with van der Waals surface area (Å²) in [5, 5.41) is 3.38. The van der Waals surface area contributed by atoms with Gasteiger partial charge in [-0.15, -0.1) is 0 Å². The molecular formula is C21H28N4O. The van der Waals surface area contributed by atoms with Gasteiger partial charge in [0, 0.05) is 43.6 Å². The van der Waals surface area contributed by atoms with E-state index in [0.717, 1.165) is 37.7 Å². The van der Waals surface area contributed by atoms with Gasteiger partial charge >= 0.3 is 0 Å². The Hall–Kier alpha value is -2.43. The van der Waals surface area contributed by atoms with Gasteiger partial charge in [-0.3, -0.25) is 4.79 Å². The van der Waals surface area contributed by atoms with Gasteiger partial charge < -0.3 is 10.2 Å². The molecule has 1 amide bonds. The molecule has 1 fully saturated rings. The molecule has 1 aromatic heterocycles. The zero-order chi connectivity index (χ0) is 18.6. The Balaban J connectivity index is 1.50. The molecule has 1 aliphatic rings. The van der Waals surface area contributed by atoms with Crippen molar-refractivity contribution in [2.24, 2.45) is 5.92 Å². The van der Waals surface area contributed by atoms with Crippen LogP contribution in [0.25, 0.3) is 0 Å². The number of rotatable bonds is 6. The van der Waals surface area contributed by atoms with Crippen molar-refractivity contribution in [1.29, 1.82) is 0 Å². The Morgan fingerprint density at radius 2 is 1.96 bits per heavy atom. The summed E-state index contributed by atoms with van der Waals surface area (Å²) < 4.78 is 0. The first-order chi connectivity index (χ1) is 12.4. The van der Waals surface area contributed by atoms with Gasteiger partial charge in [-0.1, -0.05) is 51.1 Å². The van der Waals surface area contributed by atoms with Crippen molar-refractivity contribution in [1.82, 2.24) is 14.9 Å². The van der Waals surface area contributed by atoms with Crippen LogP contribution in [0.5, 0.6) is 0 Å². The molecule has 5 nitrogen and oxygen atoms in total. The van der Waals surface area contributed by atoms with Gasteiger partial charge in [0.15, 0.2) is 0 Å². The number of hydrogen-bond donors (Lipinski definition) is 1. The predicted octanol–water partition coefficient (Wildman–Crippen LogP) is 3.28. The van der Waals surface area contributed by atoms with E-state index in [0.29, 0.717) is 12.3 Å². The van der Waals surface area contributed by atoms with Gasteiger partial charge in [0.05, 0.1) is 0 Å². The van der Waals surface area contributed by atoms with Crippen molar-refractivity contribution >= 4 is 11.7 Å². The Bertz CT molecular complexity index is 739. The normalized spacial score (nSPS) is 17.6. The number of anilines is 1. The van der Waals surface area contributed by atoms with E-state index < -0.39 is 0 Å². The number of benzene rings is 1. The van der Waals surface area contributed by atoms with Gasteiger partial charge in [-0.25, -0.2) is 9.97 Å². The fourth-order valence-corrected chi connectivity index (χ4v) is 3.18. The number of carbonyl (C=O) groups excluding carboxylic acids is 1. The number of hydrogen-bond acceptors (Lipinski definition) is 4. The second kappa shape index (κ2) is 7.85. The van der Waals surface area contributed by atoms with Crippen molar-refractivity contribution < 1.29 is 4.79 Å². The van der Waals surface area contributed by atoms with Crippen molar-refractivity contribution in [3.05, 3.63) is 54.0 Å². The van der Waals surface area contributed by atoms with Crippen molar-refractivity contribution in [2.75, 3.05) is 25.0 Å². The fourth-order valence-electron chi connectivity index (χ4n) is 3.18. The highest BCUT2D eigenvalue weighted by Crippen LogP contribution is 2.21. The van der Waals surface area contributed by atoms with Crippen LogP contribution in [0.3, 0.4) is 0 Å². The lowest BCUT2D eigenvalue weighted by molar-refractivity contribution is -0.127. The second-order valence-electron chi connectivity index (χ2n) is 8.04. The maximum Gasteiger partial charge on any atom is 0.223 e. The summed E-state index contributed by atoms with van der Waals surface area (Å²) in [5.74, 6) is 2.24. The summed E-state index contributed by atoms with van der Waals surface area (Å²) in [6.45, 7) is 8.68. The molecule has 1 N–H and O–H groups in total. The van der Waals surface area contributed by atoms with E-state index in [1.165, 1.54) is 5.56 Å². The van der Waals surface area contributed by atoms with Crippen LogP contribution >= 0.6 is 0 Å². The number of carbonyl (C=O) groups is 1. The molecule has 1 saturated heterocycles. The van der Waals surface area contributed by atoms with E-state index in [1.54, 1.807) is 6.20 Å². The van der Waals surface area contributed by atoms with Crippen molar-refractivity contribution in [3.63, 3.8) is 0 Å². The van der Waals surface area contributed by atoms with Crippen LogP contribution in [-0.4, -0.2) is 40.4 Å². The first-order valence-electron chi connectivity index (χ1n) is 9.31.